The van der Waals surface area contributed by atoms with Gasteiger partial charge in [0.2, 0.25) is 0 Å². The molecule has 2 aromatic rings. The Morgan fingerprint density at radius 2 is 2.16 bits per heavy atom. The van der Waals surface area contributed by atoms with E-state index < -0.39 is 0 Å². The number of thiazole rings is 1. The van der Waals surface area contributed by atoms with E-state index in [-0.39, 0.29) is 0 Å². The monoisotopic (exact) mass is 314 g/mol. The highest BCUT2D eigenvalue weighted by atomic mass is 35.5. The van der Waals surface area contributed by atoms with Crippen LogP contribution >= 0.6 is 34.3 Å². The molecule has 2 rings (SSSR count). The lowest BCUT2D eigenvalue weighted by Gasteiger charge is -2.15. The SMILES string of the molecule is CN(CCCc1nc(CCl)cs1)CCc1cccs1. The zero-order valence-electron chi connectivity index (χ0n) is 11.1. The maximum atomic E-state index is 5.75. The van der Waals surface area contributed by atoms with Crippen LogP contribution in [0.15, 0.2) is 22.9 Å². The number of thiophene rings is 1. The van der Waals surface area contributed by atoms with Crippen LogP contribution in [0.5, 0.6) is 0 Å². The van der Waals surface area contributed by atoms with Crippen LogP contribution in [0.4, 0.5) is 0 Å². The molecule has 0 radical (unpaired) electrons. The van der Waals surface area contributed by atoms with E-state index in [0.29, 0.717) is 5.88 Å². The van der Waals surface area contributed by atoms with Gasteiger partial charge in [-0.25, -0.2) is 4.98 Å². The van der Waals surface area contributed by atoms with E-state index in [9.17, 15) is 0 Å². The van der Waals surface area contributed by atoms with Crippen LogP contribution in [-0.4, -0.2) is 30.0 Å². The number of nitrogens with zero attached hydrogens (tertiary/aromatic N) is 2. The first-order chi connectivity index (χ1) is 9.28. The van der Waals surface area contributed by atoms with Crippen molar-refractivity contribution < 1.29 is 0 Å². The van der Waals surface area contributed by atoms with E-state index in [0.717, 1.165) is 38.0 Å². The van der Waals surface area contributed by atoms with Gasteiger partial charge in [-0.15, -0.1) is 34.3 Å². The molecule has 2 heterocycles. The number of aromatic nitrogens is 1. The Balaban J connectivity index is 1.62. The molecule has 0 spiro atoms. The third-order valence-corrected chi connectivity index (χ3v) is 5.15. The van der Waals surface area contributed by atoms with Crippen LogP contribution in [0.3, 0.4) is 0 Å². The van der Waals surface area contributed by atoms with Gasteiger partial charge in [0.1, 0.15) is 0 Å². The molecule has 0 saturated heterocycles. The Morgan fingerprint density at radius 3 is 2.84 bits per heavy atom. The summed E-state index contributed by atoms with van der Waals surface area (Å²) in [6, 6.07) is 4.33. The summed E-state index contributed by atoms with van der Waals surface area (Å²) < 4.78 is 0. The average molecular weight is 315 g/mol. The molecule has 0 aromatic carbocycles. The summed E-state index contributed by atoms with van der Waals surface area (Å²) in [6.45, 7) is 2.26. The first kappa shape index (κ1) is 15.0. The summed E-state index contributed by atoms with van der Waals surface area (Å²) >= 11 is 9.32. The molecular formula is C14H19ClN2S2. The van der Waals surface area contributed by atoms with Crippen molar-refractivity contribution in [3.63, 3.8) is 0 Å². The molecule has 0 bridgehead atoms. The number of aryl methyl sites for hydroxylation is 1. The van der Waals surface area contributed by atoms with Gasteiger partial charge in [-0.1, -0.05) is 6.07 Å². The Labute approximate surface area is 128 Å². The van der Waals surface area contributed by atoms with Crippen molar-refractivity contribution in [3.05, 3.63) is 38.5 Å². The molecule has 0 aliphatic rings. The first-order valence-electron chi connectivity index (χ1n) is 6.48. The second-order valence-electron chi connectivity index (χ2n) is 4.60. The number of likely N-dealkylation sites (N-methyl/N-ethyl adjacent to an activating group) is 1. The number of hydrogen-bond acceptors (Lipinski definition) is 4. The van der Waals surface area contributed by atoms with Crippen LogP contribution in [0.1, 0.15) is 22.0 Å². The zero-order chi connectivity index (χ0) is 13.5. The summed E-state index contributed by atoms with van der Waals surface area (Å²) in [5.74, 6) is 0.525. The zero-order valence-corrected chi connectivity index (χ0v) is 13.5. The lowest BCUT2D eigenvalue weighted by atomic mass is 10.3. The second-order valence-corrected chi connectivity index (χ2v) is 6.84. The predicted molar refractivity (Wildman–Crippen MR) is 85.5 cm³/mol. The van der Waals surface area contributed by atoms with Gasteiger partial charge in [-0.2, -0.15) is 0 Å². The average Bonchev–Trinajstić information content (AvgIpc) is 3.07. The topological polar surface area (TPSA) is 16.1 Å². The Bertz CT molecular complexity index is 468. The molecule has 0 aliphatic heterocycles. The van der Waals surface area contributed by atoms with Crippen molar-refractivity contribution in [1.82, 2.24) is 9.88 Å². The van der Waals surface area contributed by atoms with E-state index in [1.54, 1.807) is 11.3 Å². The van der Waals surface area contributed by atoms with Crippen molar-refractivity contribution in [2.24, 2.45) is 0 Å². The molecule has 5 heteroatoms. The van der Waals surface area contributed by atoms with Crippen molar-refractivity contribution in [3.8, 4) is 0 Å². The van der Waals surface area contributed by atoms with Crippen molar-refractivity contribution >= 4 is 34.3 Å². The minimum absolute atomic E-state index is 0.525. The van der Waals surface area contributed by atoms with Gasteiger partial charge >= 0.3 is 0 Å². The minimum atomic E-state index is 0.525. The van der Waals surface area contributed by atoms with E-state index in [1.165, 1.54) is 9.88 Å². The van der Waals surface area contributed by atoms with Crippen LogP contribution in [0.25, 0.3) is 0 Å². The molecule has 0 unspecified atom stereocenters. The van der Waals surface area contributed by atoms with Crippen LogP contribution in [-0.2, 0) is 18.7 Å². The highest BCUT2D eigenvalue weighted by molar-refractivity contribution is 7.10. The van der Waals surface area contributed by atoms with E-state index in [2.05, 4.69) is 39.8 Å². The minimum Gasteiger partial charge on any atom is -0.306 e. The fraction of sp³-hybridized carbons (Fsp3) is 0.500. The molecule has 2 aromatic heterocycles. The second kappa shape index (κ2) is 8.00. The van der Waals surface area contributed by atoms with Crippen molar-refractivity contribution in [2.75, 3.05) is 20.1 Å². The third kappa shape index (κ3) is 5.22. The number of halogens is 1. The lowest BCUT2D eigenvalue weighted by Crippen LogP contribution is -2.22. The van der Waals surface area contributed by atoms with Crippen LogP contribution in [0, 0.1) is 0 Å². The van der Waals surface area contributed by atoms with Gasteiger partial charge in [-0.05, 0) is 37.9 Å². The Hall–Kier alpha value is -0.420. The quantitative estimate of drug-likeness (QED) is 0.683. The van der Waals surface area contributed by atoms with Crippen LogP contribution in [0.2, 0.25) is 0 Å². The molecule has 0 aliphatic carbocycles. The van der Waals surface area contributed by atoms with Crippen molar-refractivity contribution in [2.45, 2.75) is 25.1 Å². The highest BCUT2D eigenvalue weighted by Crippen LogP contribution is 2.14. The largest absolute Gasteiger partial charge is 0.306 e. The van der Waals surface area contributed by atoms with E-state index >= 15 is 0 Å². The molecular weight excluding hydrogens is 296 g/mol. The van der Waals surface area contributed by atoms with Gasteiger partial charge in [0.25, 0.3) is 0 Å². The predicted octanol–water partition coefficient (Wildman–Crippen LogP) is 4.05. The normalized spacial score (nSPS) is 11.3. The number of alkyl halides is 1. The van der Waals surface area contributed by atoms with Gasteiger partial charge in [0, 0.05) is 23.2 Å². The summed E-state index contributed by atoms with van der Waals surface area (Å²) in [4.78, 5) is 8.35. The van der Waals surface area contributed by atoms with E-state index in [4.69, 9.17) is 11.6 Å². The maximum absolute atomic E-state index is 5.75. The molecule has 0 N–H and O–H groups in total. The smallest absolute Gasteiger partial charge is 0.0929 e. The standard InChI is InChI=1S/C14H19ClN2S2/c1-17(8-6-13-4-3-9-18-13)7-2-5-14-16-12(10-15)11-19-14/h3-4,9,11H,2,5-8,10H2,1H3. The molecule has 0 atom stereocenters. The number of hydrogen-bond donors (Lipinski definition) is 0. The van der Waals surface area contributed by atoms with Gasteiger partial charge < -0.3 is 4.90 Å². The van der Waals surface area contributed by atoms with Crippen molar-refractivity contribution in [1.29, 1.82) is 0 Å². The molecule has 104 valence electrons. The van der Waals surface area contributed by atoms with Gasteiger partial charge in [0.15, 0.2) is 0 Å². The lowest BCUT2D eigenvalue weighted by molar-refractivity contribution is 0.334. The van der Waals surface area contributed by atoms with Gasteiger partial charge in [-0.3, -0.25) is 0 Å². The maximum Gasteiger partial charge on any atom is 0.0929 e. The first-order valence-corrected chi connectivity index (χ1v) is 8.77. The molecule has 19 heavy (non-hydrogen) atoms. The Kier molecular flexibility index (Phi) is 6.31. The van der Waals surface area contributed by atoms with Crippen LogP contribution < -0.4 is 0 Å². The Morgan fingerprint density at radius 1 is 1.26 bits per heavy atom. The third-order valence-electron chi connectivity index (χ3n) is 2.99. The molecule has 0 saturated carbocycles. The molecule has 2 nitrogen and oxygen atoms in total. The fourth-order valence-electron chi connectivity index (χ4n) is 1.89. The number of rotatable bonds is 8. The summed E-state index contributed by atoms with van der Waals surface area (Å²) in [6.07, 6.45) is 3.38. The van der Waals surface area contributed by atoms with Gasteiger partial charge in [0.05, 0.1) is 16.6 Å². The summed E-state index contributed by atoms with van der Waals surface area (Å²) in [5, 5.41) is 5.41. The molecule has 0 fully saturated rings. The highest BCUT2D eigenvalue weighted by Gasteiger charge is 2.03. The van der Waals surface area contributed by atoms with E-state index in [1.807, 2.05) is 11.3 Å². The molecule has 0 amide bonds. The summed E-state index contributed by atoms with van der Waals surface area (Å²) in [5.41, 5.74) is 1.01. The summed E-state index contributed by atoms with van der Waals surface area (Å²) in [7, 11) is 2.19. The fourth-order valence-corrected chi connectivity index (χ4v) is 3.66.